The first-order valence-corrected chi connectivity index (χ1v) is 6.52. The second kappa shape index (κ2) is 5.06. The third-order valence-electron chi connectivity index (χ3n) is 3.55. The number of carbonyl (C=O) groups excluding carboxylic acids is 1. The molecule has 1 aliphatic rings. The zero-order chi connectivity index (χ0) is 13.2. The van der Waals surface area contributed by atoms with Gasteiger partial charge in [0.1, 0.15) is 0 Å². The Morgan fingerprint density at radius 3 is 2.83 bits per heavy atom. The van der Waals surface area contributed by atoms with E-state index in [0.29, 0.717) is 11.5 Å². The van der Waals surface area contributed by atoms with Crippen molar-refractivity contribution in [2.75, 3.05) is 6.54 Å². The highest BCUT2D eigenvalue weighted by Crippen LogP contribution is 2.41. The van der Waals surface area contributed by atoms with E-state index >= 15 is 0 Å². The van der Waals surface area contributed by atoms with Gasteiger partial charge in [-0.2, -0.15) is 5.10 Å². The number of nitrogens with one attached hydrogen (secondary N) is 1. The number of hydrogen-bond donors (Lipinski definition) is 2. The lowest BCUT2D eigenvalue weighted by Crippen LogP contribution is -2.53. The van der Waals surface area contributed by atoms with Crippen LogP contribution in [0.25, 0.3) is 0 Å². The molecule has 6 heteroatoms. The minimum atomic E-state index is -0.584. The van der Waals surface area contributed by atoms with E-state index in [2.05, 4.69) is 10.4 Å². The van der Waals surface area contributed by atoms with Crippen LogP contribution in [0.15, 0.2) is 12.3 Å². The van der Waals surface area contributed by atoms with Crippen molar-refractivity contribution in [1.82, 2.24) is 15.1 Å². The van der Waals surface area contributed by atoms with Crippen molar-refractivity contribution in [3.05, 3.63) is 18.0 Å². The quantitative estimate of drug-likeness (QED) is 0.763. The molecule has 1 aliphatic carbocycles. The minimum absolute atomic E-state index is 0.0304. The van der Waals surface area contributed by atoms with E-state index in [4.69, 9.17) is 18.0 Å². The molecule has 1 fully saturated rings. The second-order valence-electron chi connectivity index (χ2n) is 4.79. The van der Waals surface area contributed by atoms with E-state index in [1.807, 2.05) is 19.3 Å². The fourth-order valence-electron chi connectivity index (χ4n) is 2.19. The van der Waals surface area contributed by atoms with Crippen LogP contribution < -0.4 is 11.1 Å². The molecule has 1 saturated carbocycles. The van der Waals surface area contributed by atoms with Crippen LogP contribution in [-0.2, 0) is 18.3 Å². The maximum atomic E-state index is 12.1. The average Bonchev–Trinajstić information content (AvgIpc) is 2.61. The van der Waals surface area contributed by atoms with E-state index < -0.39 is 5.41 Å². The molecule has 0 saturated heterocycles. The summed E-state index contributed by atoms with van der Waals surface area (Å²) in [4.78, 5) is 12.4. The number of amides is 1. The van der Waals surface area contributed by atoms with Gasteiger partial charge in [-0.1, -0.05) is 18.6 Å². The SMILES string of the molecule is Cn1ccc(CCNC(=O)C2(C(N)=S)CCC2)n1. The Kier molecular flexibility index (Phi) is 3.65. The highest BCUT2D eigenvalue weighted by atomic mass is 32.1. The fourth-order valence-corrected chi connectivity index (χ4v) is 2.48. The fraction of sp³-hybridized carbons (Fsp3) is 0.583. The van der Waals surface area contributed by atoms with Crippen LogP contribution in [0.5, 0.6) is 0 Å². The Bertz CT molecular complexity index is 464. The molecule has 2 rings (SSSR count). The number of nitrogens with zero attached hydrogens (tertiary/aromatic N) is 2. The predicted molar refractivity (Wildman–Crippen MR) is 73.0 cm³/mol. The first-order chi connectivity index (χ1) is 8.54. The van der Waals surface area contributed by atoms with Gasteiger partial charge in [0.2, 0.25) is 5.91 Å². The van der Waals surface area contributed by atoms with Gasteiger partial charge in [0.05, 0.1) is 16.1 Å². The molecule has 1 aromatic rings. The van der Waals surface area contributed by atoms with Crippen molar-refractivity contribution in [2.45, 2.75) is 25.7 Å². The predicted octanol–water partition coefficient (Wildman–Crippen LogP) is 0.535. The number of aryl methyl sites for hydroxylation is 1. The van der Waals surface area contributed by atoms with Gasteiger partial charge >= 0.3 is 0 Å². The number of thiocarbonyl (C=S) groups is 1. The van der Waals surface area contributed by atoms with Gasteiger partial charge < -0.3 is 11.1 Å². The Morgan fingerprint density at radius 2 is 2.39 bits per heavy atom. The summed E-state index contributed by atoms with van der Waals surface area (Å²) in [5.41, 5.74) is 6.06. The molecule has 1 heterocycles. The third kappa shape index (κ3) is 2.38. The van der Waals surface area contributed by atoms with Crippen molar-refractivity contribution in [1.29, 1.82) is 0 Å². The largest absolute Gasteiger partial charge is 0.392 e. The lowest BCUT2D eigenvalue weighted by Gasteiger charge is -2.39. The summed E-state index contributed by atoms with van der Waals surface area (Å²) in [5.74, 6) is -0.0304. The first kappa shape index (κ1) is 13.0. The monoisotopic (exact) mass is 266 g/mol. The normalized spacial score (nSPS) is 16.9. The van der Waals surface area contributed by atoms with Crippen LogP contribution >= 0.6 is 12.2 Å². The lowest BCUT2D eigenvalue weighted by molar-refractivity contribution is -0.130. The maximum Gasteiger partial charge on any atom is 0.233 e. The molecule has 98 valence electrons. The molecule has 0 radical (unpaired) electrons. The van der Waals surface area contributed by atoms with Crippen LogP contribution in [0, 0.1) is 5.41 Å². The summed E-state index contributed by atoms with van der Waals surface area (Å²) in [7, 11) is 1.87. The molecule has 1 amide bonds. The Balaban J connectivity index is 1.83. The molecule has 3 N–H and O–H groups in total. The molecule has 0 atom stereocenters. The standard InChI is InChI=1S/C12H18N4OS/c1-16-8-4-9(15-16)3-7-14-11(17)12(10(13)18)5-2-6-12/h4,8H,2-3,5-7H2,1H3,(H2,13,18)(H,14,17). The third-order valence-corrected chi connectivity index (χ3v) is 3.94. The van der Waals surface area contributed by atoms with Crippen molar-refractivity contribution in [2.24, 2.45) is 18.2 Å². The van der Waals surface area contributed by atoms with Crippen molar-refractivity contribution < 1.29 is 4.79 Å². The van der Waals surface area contributed by atoms with Crippen LogP contribution in [0.4, 0.5) is 0 Å². The number of carbonyl (C=O) groups is 1. The molecule has 0 spiro atoms. The van der Waals surface area contributed by atoms with E-state index in [1.165, 1.54) is 0 Å². The van der Waals surface area contributed by atoms with Crippen LogP contribution in [0.2, 0.25) is 0 Å². The van der Waals surface area contributed by atoms with Gasteiger partial charge in [-0.05, 0) is 18.9 Å². The summed E-state index contributed by atoms with van der Waals surface area (Å²) in [6.07, 6.45) is 5.18. The van der Waals surface area contributed by atoms with Gasteiger partial charge in [0, 0.05) is 26.2 Å². The molecular formula is C12H18N4OS. The van der Waals surface area contributed by atoms with Gasteiger partial charge in [0.15, 0.2) is 0 Å². The number of aromatic nitrogens is 2. The van der Waals surface area contributed by atoms with Crippen molar-refractivity contribution >= 4 is 23.1 Å². The summed E-state index contributed by atoms with van der Waals surface area (Å²) in [5, 5.41) is 7.16. The van der Waals surface area contributed by atoms with Crippen LogP contribution in [0.3, 0.4) is 0 Å². The first-order valence-electron chi connectivity index (χ1n) is 6.11. The smallest absolute Gasteiger partial charge is 0.233 e. The topological polar surface area (TPSA) is 72.9 Å². The van der Waals surface area contributed by atoms with Gasteiger partial charge in [0.25, 0.3) is 0 Å². The van der Waals surface area contributed by atoms with Crippen molar-refractivity contribution in [3.8, 4) is 0 Å². The summed E-state index contributed by atoms with van der Waals surface area (Å²) in [6.45, 7) is 0.570. The maximum absolute atomic E-state index is 12.1. The van der Waals surface area contributed by atoms with Crippen molar-refractivity contribution in [3.63, 3.8) is 0 Å². The molecule has 1 aromatic heterocycles. The van der Waals surface area contributed by atoms with Gasteiger partial charge in [-0.25, -0.2) is 0 Å². The van der Waals surface area contributed by atoms with Crippen LogP contribution in [0.1, 0.15) is 25.0 Å². The lowest BCUT2D eigenvalue weighted by atomic mass is 9.68. The number of hydrogen-bond acceptors (Lipinski definition) is 3. The molecule has 0 bridgehead atoms. The van der Waals surface area contributed by atoms with Gasteiger partial charge in [-0.15, -0.1) is 0 Å². The summed E-state index contributed by atoms with van der Waals surface area (Å²) in [6, 6.07) is 1.94. The Morgan fingerprint density at radius 1 is 1.67 bits per heavy atom. The average molecular weight is 266 g/mol. The molecule has 0 aromatic carbocycles. The van der Waals surface area contributed by atoms with E-state index in [0.717, 1.165) is 31.4 Å². The molecule has 18 heavy (non-hydrogen) atoms. The van der Waals surface area contributed by atoms with E-state index in [9.17, 15) is 4.79 Å². The highest BCUT2D eigenvalue weighted by Gasteiger charge is 2.46. The summed E-state index contributed by atoms with van der Waals surface area (Å²) >= 11 is 5.01. The van der Waals surface area contributed by atoms with E-state index in [1.54, 1.807) is 4.68 Å². The molecule has 0 aliphatic heterocycles. The highest BCUT2D eigenvalue weighted by molar-refractivity contribution is 7.80. The van der Waals surface area contributed by atoms with Crippen LogP contribution in [-0.4, -0.2) is 27.2 Å². The molecular weight excluding hydrogens is 248 g/mol. The van der Waals surface area contributed by atoms with Gasteiger partial charge in [-0.3, -0.25) is 9.48 Å². The molecule has 5 nitrogen and oxygen atoms in total. The minimum Gasteiger partial charge on any atom is -0.392 e. The van der Waals surface area contributed by atoms with E-state index in [-0.39, 0.29) is 5.91 Å². The zero-order valence-corrected chi connectivity index (χ0v) is 11.3. The Labute approximate surface area is 112 Å². The second-order valence-corrected chi connectivity index (χ2v) is 5.23. The zero-order valence-electron chi connectivity index (χ0n) is 10.5. The summed E-state index contributed by atoms with van der Waals surface area (Å²) < 4.78 is 1.75. The number of nitrogens with two attached hydrogens (primary N) is 1. The number of rotatable bonds is 5. The Hall–Kier alpha value is -1.43. The molecule has 0 unspecified atom stereocenters.